The quantitative estimate of drug-likeness (QED) is 0.864. The van der Waals surface area contributed by atoms with E-state index in [9.17, 15) is 5.11 Å². The van der Waals surface area contributed by atoms with Gasteiger partial charge in [-0.3, -0.25) is 0 Å². The van der Waals surface area contributed by atoms with Crippen LogP contribution >= 0.6 is 0 Å². The van der Waals surface area contributed by atoms with Crippen LogP contribution in [0, 0.1) is 5.92 Å². The van der Waals surface area contributed by atoms with E-state index in [1.165, 1.54) is 12.8 Å². The van der Waals surface area contributed by atoms with Gasteiger partial charge >= 0.3 is 0 Å². The van der Waals surface area contributed by atoms with E-state index in [1.807, 2.05) is 24.3 Å². The Morgan fingerprint density at radius 1 is 1.35 bits per heavy atom. The minimum atomic E-state index is -0.427. The number of hydrogen-bond acceptors (Lipinski definition) is 2. The fourth-order valence-electron chi connectivity index (χ4n) is 2.53. The molecule has 0 aromatic heterocycles. The zero-order valence-electron chi connectivity index (χ0n) is 10.7. The van der Waals surface area contributed by atoms with Gasteiger partial charge in [-0.1, -0.05) is 25.5 Å². The van der Waals surface area contributed by atoms with E-state index in [-0.39, 0.29) is 0 Å². The zero-order valence-corrected chi connectivity index (χ0v) is 10.7. The van der Waals surface area contributed by atoms with Crippen LogP contribution in [0.2, 0.25) is 0 Å². The average molecular weight is 234 g/mol. The molecule has 0 radical (unpaired) electrons. The highest BCUT2D eigenvalue weighted by Gasteiger charge is 2.20. The molecular formula is C15H22O2. The van der Waals surface area contributed by atoms with E-state index in [4.69, 9.17) is 4.74 Å². The molecule has 0 saturated heterocycles. The molecule has 1 N–H and O–H groups in total. The topological polar surface area (TPSA) is 29.5 Å². The highest BCUT2D eigenvalue weighted by atomic mass is 16.5. The molecule has 3 atom stereocenters. The number of aliphatic hydroxyl groups is 1. The van der Waals surface area contributed by atoms with Crippen molar-refractivity contribution < 1.29 is 9.84 Å². The second kappa shape index (κ2) is 5.54. The van der Waals surface area contributed by atoms with Crippen LogP contribution in [-0.4, -0.2) is 11.2 Å². The van der Waals surface area contributed by atoms with Crippen LogP contribution in [0.4, 0.5) is 0 Å². The van der Waals surface area contributed by atoms with Gasteiger partial charge in [-0.05, 0) is 49.8 Å². The molecule has 0 spiro atoms. The van der Waals surface area contributed by atoms with Crippen LogP contribution in [0.15, 0.2) is 24.3 Å². The van der Waals surface area contributed by atoms with Crippen molar-refractivity contribution >= 4 is 0 Å². The van der Waals surface area contributed by atoms with Crippen LogP contribution in [0.3, 0.4) is 0 Å². The van der Waals surface area contributed by atoms with E-state index in [2.05, 4.69) is 6.92 Å². The standard InChI is InChI=1S/C15H22O2/c1-11-5-3-7-14(9-11)17-15-8-4-6-13(10-15)12(2)16/h4,6,8,10-12,14,16H,3,5,7,9H2,1-2H3/t11?,12-,14?/m1/s1. The molecule has 1 fully saturated rings. The summed E-state index contributed by atoms with van der Waals surface area (Å²) in [4.78, 5) is 0. The number of hydrogen-bond donors (Lipinski definition) is 1. The van der Waals surface area contributed by atoms with Crippen LogP contribution in [0.1, 0.15) is 51.2 Å². The lowest BCUT2D eigenvalue weighted by atomic mass is 9.89. The molecule has 1 aliphatic carbocycles. The molecule has 2 rings (SSSR count). The third-order valence-corrected chi connectivity index (χ3v) is 3.53. The van der Waals surface area contributed by atoms with Crippen molar-refractivity contribution in [1.29, 1.82) is 0 Å². The maximum atomic E-state index is 9.54. The molecule has 1 saturated carbocycles. The van der Waals surface area contributed by atoms with Gasteiger partial charge in [0.1, 0.15) is 5.75 Å². The Morgan fingerprint density at radius 3 is 2.88 bits per heavy atom. The first-order valence-corrected chi connectivity index (χ1v) is 6.60. The van der Waals surface area contributed by atoms with Gasteiger partial charge in [0.2, 0.25) is 0 Å². The lowest BCUT2D eigenvalue weighted by Crippen LogP contribution is -2.24. The van der Waals surface area contributed by atoms with Crippen LogP contribution in [0.5, 0.6) is 5.75 Å². The minimum Gasteiger partial charge on any atom is -0.490 e. The van der Waals surface area contributed by atoms with E-state index in [0.29, 0.717) is 6.10 Å². The van der Waals surface area contributed by atoms with Crippen molar-refractivity contribution in [3.05, 3.63) is 29.8 Å². The normalized spacial score (nSPS) is 26.5. The molecule has 0 aliphatic heterocycles. The molecule has 0 amide bonds. The summed E-state index contributed by atoms with van der Waals surface area (Å²) < 4.78 is 6.01. The molecule has 94 valence electrons. The minimum absolute atomic E-state index is 0.350. The third-order valence-electron chi connectivity index (χ3n) is 3.53. The number of aliphatic hydroxyl groups excluding tert-OH is 1. The lowest BCUT2D eigenvalue weighted by molar-refractivity contribution is 0.128. The number of ether oxygens (including phenoxy) is 1. The van der Waals surface area contributed by atoms with Crippen LogP contribution in [-0.2, 0) is 0 Å². The van der Waals surface area contributed by atoms with Crippen molar-refractivity contribution in [2.75, 3.05) is 0 Å². The van der Waals surface area contributed by atoms with Crippen LogP contribution in [0.25, 0.3) is 0 Å². The molecule has 1 aromatic rings. The first kappa shape index (κ1) is 12.4. The molecular weight excluding hydrogens is 212 g/mol. The van der Waals surface area contributed by atoms with Gasteiger partial charge in [0.15, 0.2) is 0 Å². The summed E-state index contributed by atoms with van der Waals surface area (Å²) in [7, 11) is 0. The van der Waals surface area contributed by atoms with Crippen molar-refractivity contribution in [3.8, 4) is 5.75 Å². The Kier molecular flexibility index (Phi) is 4.06. The summed E-state index contributed by atoms with van der Waals surface area (Å²) in [5, 5.41) is 9.54. The lowest BCUT2D eigenvalue weighted by Gasteiger charge is -2.27. The smallest absolute Gasteiger partial charge is 0.120 e. The summed E-state index contributed by atoms with van der Waals surface area (Å²) in [6.45, 7) is 4.07. The van der Waals surface area contributed by atoms with E-state index < -0.39 is 6.10 Å². The number of benzene rings is 1. The average Bonchev–Trinajstić information content (AvgIpc) is 2.29. The van der Waals surface area contributed by atoms with Crippen LogP contribution < -0.4 is 4.74 Å². The molecule has 2 nitrogen and oxygen atoms in total. The summed E-state index contributed by atoms with van der Waals surface area (Å²) in [6, 6.07) is 7.81. The van der Waals surface area contributed by atoms with Gasteiger partial charge < -0.3 is 9.84 Å². The van der Waals surface area contributed by atoms with Gasteiger partial charge in [0.25, 0.3) is 0 Å². The SMILES string of the molecule is CC1CCCC(Oc2cccc([C@@H](C)O)c2)C1. The second-order valence-electron chi connectivity index (χ2n) is 5.26. The monoisotopic (exact) mass is 234 g/mol. The molecule has 0 heterocycles. The Hall–Kier alpha value is -1.02. The number of rotatable bonds is 3. The summed E-state index contributed by atoms with van der Waals surface area (Å²) in [5.74, 6) is 1.66. The molecule has 0 bridgehead atoms. The van der Waals surface area contributed by atoms with Crippen molar-refractivity contribution in [2.45, 2.75) is 51.7 Å². The zero-order chi connectivity index (χ0) is 12.3. The fourth-order valence-corrected chi connectivity index (χ4v) is 2.53. The van der Waals surface area contributed by atoms with Gasteiger partial charge in [0, 0.05) is 0 Å². The molecule has 2 heteroatoms. The van der Waals surface area contributed by atoms with Gasteiger partial charge in [0.05, 0.1) is 12.2 Å². The molecule has 2 unspecified atom stereocenters. The Morgan fingerprint density at radius 2 is 2.18 bits per heavy atom. The van der Waals surface area contributed by atoms with Crippen molar-refractivity contribution in [1.82, 2.24) is 0 Å². The molecule has 17 heavy (non-hydrogen) atoms. The maximum absolute atomic E-state index is 9.54. The fraction of sp³-hybridized carbons (Fsp3) is 0.600. The van der Waals surface area contributed by atoms with Gasteiger partial charge in [-0.15, -0.1) is 0 Å². The first-order chi connectivity index (χ1) is 8.15. The maximum Gasteiger partial charge on any atom is 0.120 e. The van der Waals surface area contributed by atoms with E-state index in [0.717, 1.165) is 30.1 Å². The summed E-state index contributed by atoms with van der Waals surface area (Å²) in [5.41, 5.74) is 0.923. The third kappa shape index (κ3) is 3.47. The Balaban J connectivity index is 2.00. The predicted molar refractivity (Wildman–Crippen MR) is 69.1 cm³/mol. The Bertz CT molecular complexity index is 360. The van der Waals surface area contributed by atoms with Crippen molar-refractivity contribution in [3.63, 3.8) is 0 Å². The highest BCUT2D eigenvalue weighted by Crippen LogP contribution is 2.28. The van der Waals surface area contributed by atoms with Gasteiger partial charge in [-0.25, -0.2) is 0 Å². The predicted octanol–water partition coefficient (Wildman–Crippen LogP) is 3.70. The Labute approximate surface area is 104 Å². The van der Waals surface area contributed by atoms with Crippen molar-refractivity contribution in [2.24, 2.45) is 5.92 Å². The van der Waals surface area contributed by atoms with E-state index >= 15 is 0 Å². The summed E-state index contributed by atoms with van der Waals surface area (Å²) in [6.07, 6.45) is 4.82. The highest BCUT2D eigenvalue weighted by molar-refractivity contribution is 5.29. The molecule has 1 aliphatic rings. The largest absolute Gasteiger partial charge is 0.490 e. The first-order valence-electron chi connectivity index (χ1n) is 6.60. The second-order valence-corrected chi connectivity index (χ2v) is 5.26. The molecule has 1 aromatic carbocycles. The summed E-state index contributed by atoms with van der Waals surface area (Å²) >= 11 is 0. The van der Waals surface area contributed by atoms with Gasteiger partial charge in [-0.2, -0.15) is 0 Å². The van der Waals surface area contributed by atoms with E-state index in [1.54, 1.807) is 6.92 Å².